The Hall–Kier alpha value is -3.13. The third kappa shape index (κ3) is 11.7. The van der Waals surface area contributed by atoms with E-state index in [4.69, 9.17) is 19.8 Å². The monoisotopic (exact) mass is 512 g/mol. The summed E-state index contributed by atoms with van der Waals surface area (Å²) in [6.45, 7) is 9.14. The number of H-pyrrole nitrogens is 1. The highest BCUT2D eigenvalue weighted by Gasteiger charge is 2.38. The molecular formula is C21H26F6N4O4. The number of imidazole rings is 1. The van der Waals surface area contributed by atoms with Crippen molar-refractivity contribution in [3.05, 3.63) is 42.2 Å². The van der Waals surface area contributed by atoms with E-state index < -0.39 is 24.3 Å². The van der Waals surface area contributed by atoms with Crippen LogP contribution in [0.5, 0.6) is 0 Å². The Morgan fingerprint density at radius 2 is 1.37 bits per heavy atom. The first kappa shape index (κ1) is 29.9. The molecule has 1 aromatic carbocycles. The number of hydrogen-bond acceptors (Lipinski definition) is 5. The molecule has 0 spiro atoms. The molecule has 3 rings (SSSR count). The van der Waals surface area contributed by atoms with E-state index in [1.54, 1.807) is 0 Å². The van der Waals surface area contributed by atoms with Gasteiger partial charge in [0.15, 0.2) is 0 Å². The first-order valence-electron chi connectivity index (χ1n) is 10.4. The smallest absolute Gasteiger partial charge is 0.475 e. The van der Waals surface area contributed by atoms with Gasteiger partial charge >= 0.3 is 24.3 Å². The van der Waals surface area contributed by atoms with Gasteiger partial charge in [-0.15, -0.1) is 0 Å². The summed E-state index contributed by atoms with van der Waals surface area (Å²) in [5.41, 5.74) is 2.36. The van der Waals surface area contributed by atoms with E-state index in [0.29, 0.717) is 0 Å². The first-order chi connectivity index (χ1) is 16.2. The van der Waals surface area contributed by atoms with Crippen LogP contribution in [-0.4, -0.2) is 87.0 Å². The fourth-order valence-corrected chi connectivity index (χ4v) is 2.91. The van der Waals surface area contributed by atoms with Crippen LogP contribution in [0.1, 0.15) is 19.0 Å². The summed E-state index contributed by atoms with van der Waals surface area (Å²) < 4.78 is 63.5. The minimum absolute atomic E-state index is 0.968. The summed E-state index contributed by atoms with van der Waals surface area (Å²) in [5, 5.41) is 14.2. The van der Waals surface area contributed by atoms with Gasteiger partial charge in [-0.25, -0.2) is 14.6 Å². The van der Waals surface area contributed by atoms with E-state index in [0.717, 1.165) is 31.0 Å². The number of halogens is 6. The number of carboxylic acids is 2. The zero-order chi connectivity index (χ0) is 26.6. The van der Waals surface area contributed by atoms with Gasteiger partial charge in [-0.3, -0.25) is 4.90 Å². The molecule has 1 aliphatic heterocycles. The number of alkyl halides is 6. The number of aromatic amines is 1. The van der Waals surface area contributed by atoms with Crippen LogP contribution in [0.15, 0.2) is 36.5 Å². The lowest BCUT2D eigenvalue weighted by Crippen LogP contribution is -2.46. The summed E-state index contributed by atoms with van der Waals surface area (Å²) >= 11 is 0. The largest absolute Gasteiger partial charge is 0.490 e. The molecule has 35 heavy (non-hydrogen) atoms. The molecule has 0 radical (unpaired) electrons. The minimum atomic E-state index is -5.08. The quantitative estimate of drug-likeness (QED) is 0.522. The fraction of sp³-hybridized carbons (Fsp3) is 0.476. The van der Waals surface area contributed by atoms with Crippen molar-refractivity contribution in [2.75, 3.05) is 32.7 Å². The molecule has 2 heterocycles. The number of aliphatic carboxylic acids is 2. The van der Waals surface area contributed by atoms with E-state index in [-0.39, 0.29) is 0 Å². The Morgan fingerprint density at radius 1 is 0.914 bits per heavy atom. The lowest BCUT2D eigenvalue weighted by Gasteiger charge is -2.34. The van der Waals surface area contributed by atoms with E-state index in [9.17, 15) is 26.3 Å². The average molecular weight is 512 g/mol. The zero-order valence-corrected chi connectivity index (χ0v) is 18.7. The van der Waals surface area contributed by atoms with E-state index in [2.05, 4.69) is 38.8 Å². The molecule has 1 fully saturated rings. The van der Waals surface area contributed by atoms with Crippen molar-refractivity contribution in [2.24, 2.45) is 0 Å². The summed E-state index contributed by atoms with van der Waals surface area (Å²) in [7, 11) is 0. The molecule has 1 saturated heterocycles. The number of nitrogens with zero attached hydrogens (tertiary/aromatic N) is 3. The summed E-state index contributed by atoms with van der Waals surface area (Å²) in [6.07, 6.45) is -6.94. The molecule has 2 aromatic rings. The molecule has 8 nitrogen and oxygen atoms in total. The van der Waals surface area contributed by atoms with Gasteiger partial charge < -0.3 is 20.1 Å². The number of carbonyl (C=O) groups is 2. The topological polar surface area (TPSA) is 110 Å². The summed E-state index contributed by atoms with van der Waals surface area (Å²) in [4.78, 5) is 30.8. The van der Waals surface area contributed by atoms with Crippen LogP contribution in [0.2, 0.25) is 0 Å². The number of carboxylic acid groups (broad SMARTS) is 2. The van der Waals surface area contributed by atoms with Gasteiger partial charge in [-0.2, -0.15) is 26.3 Å². The van der Waals surface area contributed by atoms with Crippen LogP contribution in [0.4, 0.5) is 26.3 Å². The van der Waals surface area contributed by atoms with Crippen molar-refractivity contribution in [2.45, 2.75) is 32.2 Å². The number of aromatic nitrogens is 2. The van der Waals surface area contributed by atoms with Crippen LogP contribution >= 0.6 is 0 Å². The lowest BCUT2D eigenvalue weighted by molar-refractivity contribution is -0.193. The molecule has 0 bridgehead atoms. The SMILES string of the molecule is CCCN1CCN(Cc2cnc(-c3ccccc3)[nH]2)CC1.O=C(O)C(F)(F)F.O=C(O)C(F)(F)F. The van der Waals surface area contributed by atoms with Gasteiger partial charge in [0.2, 0.25) is 0 Å². The molecule has 1 aromatic heterocycles. The van der Waals surface area contributed by atoms with E-state index in [1.165, 1.54) is 31.7 Å². The van der Waals surface area contributed by atoms with Crippen LogP contribution in [0, 0.1) is 0 Å². The maximum atomic E-state index is 10.6. The number of hydrogen-bond donors (Lipinski definition) is 3. The molecule has 1 aliphatic rings. The van der Waals surface area contributed by atoms with Gasteiger partial charge in [0.05, 0.1) is 0 Å². The van der Waals surface area contributed by atoms with Gasteiger partial charge in [0.25, 0.3) is 0 Å². The highest BCUT2D eigenvalue weighted by atomic mass is 19.4. The maximum absolute atomic E-state index is 10.6. The minimum Gasteiger partial charge on any atom is -0.475 e. The van der Waals surface area contributed by atoms with E-state index in [1.807, 2.05) is 24.4 Å². The standard InChI is InChI=1S/C17H24N4.2C2HF3O2/c1-2-8-20-9-11-21(12-10-20)14-16-13-18-17(19-16)15-6-4-3-5-7-15;2*3-2(4,5)1(6)7/h3-7,13H,2,8-12,14H2,1H3,(H,18,19);2*(H,6,7). The lowest BCUT2D eigenvalue weighted by atomic mass is 10.2. The molecule has 0 saturated carbocycles. The van der Waals surface area contributed by atoms with Gasteiger partial charge in [-0.05, 0) is 13.0 Å². The Bertz CT molecular complexity index is 887. The molecule has 0 aliphatic carbocycles. The van der Waals surface area contributed by atoms with Crippen molar-refractivity contribution in [3.8, 4) is 11.4 Å². The predicted octanol–water partition coefficient (Wildman–Crippen LogP) is 3.87. The van der Waals surface area contributed by atoms with Crippen molar-refractivity contribution in [3.63, 3.8) is 0 Å². The Labute approximate surface area is 197 Å². The average Bonchev–Trinajstić information content (AvgIpc) is 3.24. The highest BCUT2D eigenvalue weighted by Crippen LogP contribution is 2.16. The molecule has 196 valence electrons. The number of piperazine rings is 1. The zero-order valence-electron chi connectivity index (χ0n) is 18.7. The van der Waals surface area contributed by atoms with Crippen LogP contribution in [0.3, 0.4) is 0 Å². The Balaban J connectivity index is 0.000000362. The second kappa shape index (κ2) is 13.7. The second-order valence-corrected chi connectivity index (χ2v) is 7.35. The Morgan fingerprint density at radius 3 is 1.80 bits per heavy atom. The number of benzene rings is 1. The van der Waals surface area contributed by atoms with E-state index >= 15 is 0 Å². The third-order valence-corrected chi connectivity index (χ3v) is 4.56. The van der Waals surface area contributed by atoms with Crippen LogP contribution in [-0.2, 0) is 16.1 Å². The predicted molar refractivity (Wildman–Crippen MR) is 113 cm³/mol. The number of rotatable bonds is 5. The molecular weight excluding hydrogens is 486 g/mol. The molecule has 3 N–H and O–H groups in total. The number of nitrogens with one attached hydrogen (secondary N) is 1. The van der Waals surface area contributed by atoms with Crippen LogP contribution < -0.4 is 0 Å². The van der Waals surface area contributed by atoms with Crippen molar-refractivity contribution < 1.29 is 46.1 Å². The van der Waals surface area contributed by atoms with Gasteiger partial charge in [0, 0.05) is 50.2 Å². The van der Waals surface area contributed by atoms with Crippen molar-refractivity contribution in [1.82, 2.24) is 19.8 Å². The van der Waals surface area contributed by atoms with Gasteiger partial charge in [0.1, 0.15) is 5.82 Å². The molecule has 0 unspecified atom stereocenters. The van der Waals surface area contributed by atoms with Crippen LogP contribution in [0.25, 0.3) is 11.4 Å². The molecule has 0 amide bonds. The summed E-state index contributed by atoms with van der Waals surface area (Å²) in [5.74, 6) is -4.55. The van der Waals surface area contributed by atoms with Crippen molar-refractivity contribution in [1.29, 1.82) is 0 Å². The van der Waals surface area contributed by atoms with Gasteiger partial charge in [-0.1, -0.05) is 37.3 Å². The second-order valence-electron chi connectivity index (χ2n) is 7.35. The fourth-order valence-electron chi connectivity index (χ4n) is 2.91. The Kier molecular flexibility index (Phi) is 11.7. The maximum Gasteiger partial charge on any atom is 0.490 e. The summed E-state index contributed by atoms with van der Waals surface area (Å²) in [6, 6.07) is 10.3. The normalized spacial score (nSPS) is 14.8. The van der Waals surface area contributed by atoms with Crippen molar-refractivity contribution >= 4 is 11.9 Å². The first-order valence-corrected chi connectivity index (χ1v) is 10.4. The highest BCUT2D eigenvalue weighted by molar-refractivity contribution is 5.73. The molecule has 14 heteroatoms. The molecule has 0 atom stereocenters. The third-order valence-electron chi connectivity index (χ3n) is 4.56.